The van der Waals surface area contributed by atoms with E-state index in [0.717, 1.165) is 37.3 Å². The summed E-state index contributed by atoms with van der Waals surface area (Å²) < 4.78 is 2.22. The van der Waals surface area contributed by atoms with Crippen molar-refractivity contribution in [2.45, 2.75) is 47.1 Å². The Balaban J connectivity index is 2.26. The number of piperidine rings is 1. The zero-order valence-corrected chi connectivity index (χ0v) is 19.0. The van der Waals surface area contributed by atoms with Crippen molar-refractivity contribution in [3.8, 4) is 6.07 Å². The molecule has 2 saturated heterocycles. The van der Waals surface area contributed by atoms with E-state index in [1.54, 1.807) is 16.4 Å². The maximum atomic E-state index is 13.0. The molecule has 0 saturated carbocycles. The van der Waals surface area contributed by atoms with Crippen LogP contribution >= 0.6 is 24.0 Å². The van der Waals surface area contributed by atoms with Crippen molar-refractivity contribution in [2.75, 3.05) is 24.5 Å². The van der Waals surface area contributed by atoms with Crippen LogP contribution in [0, 0.1) is 24.2 Å². The highest BCUT2D eigenvalue weighted by Crippen LogP contribution is 2.36. The van der Waals surface area contributed by atoms with Crippen molar-refractivity contribution in [1.82, 2.24) is 9.47 Å². The normalized spacial score (nSPS) is 21.2. The van der Waals surface area contributed by atoms with Crippen molar-refractivity contribution >= 4 is 46.1 Å². The fourth-order valence-corrected chi connectivity index (χ4v) is 5.43. The standard InChI is InChI=1S/C21H26N4O2S2/c1-5-24-18(23-9-7-8-13(3)12-23)15(14(4)16(11-22)19(24)26)10-17-20(27)25(6-2)21(28)29-17/h10,13H,5-9,12H2,1-4H3/b17-10-. The Bertz CT molecular complexity index is 990. The summed E-state index contributed by atoms with van der Waals surface area (Å²) >= 11 is 6.62. The number of carbonyl (C=O) groups is 1. The van der Waals surface area contributed by atoms with Gasteiger partial charge in [0.1, 0.15) is 21.8 Å². The van der Waals surface area contributed by atoms with Crippen LogP contribution in [-0.4, -0.2) is 39.3 Å². The molecule has 0 aliphatic carbocycles. The molecule has 2 aliphatic heterocycles. The molecule has 1 atom stereocenters. The van der Waals surface area contributed by atoms with Gasteiger partial charge in [-0.1, -0.05) is 30.9 Å². The SMILES string of the molecule is CCN1C(=O)/C(=C/c2c(C)c(C#N)c(=O)n(CC)c2N2CCCC(C)C2)SC1=S. The van der Waals surface area contributed by atoms with E-state index in [-0.39, 0.29) is 17.0 Å². The number of nitrogens with zero attached hydrogens (tertiary/aromatic N) is 4. The first-order valence-corrected chi connectivity index (χ1v) is 11.2. The molecule has 1 unspecified atom stereocenters. The number of thiocarbonyl (C=S) groups is 1. The molecule has 154 valence electrons. The topological polar surface area (TPSA) is 69.3 Å². The largest absolute Gasteiger partial charge is 0.357 e. The first-order chi connectivity index (χ1) is 13.8. The molecular formula is C21H26N4O2S2. The van der Waals surface area contributed by atoms with Gasteiger partial charge in [-0.25, -0.2) is 0 Å². The number of rotatable bonds is 4. The lowest BCUT2D eigenvalue weighted by Gasteiger charge is -2.35. The van der Waals surface area contributed by atoms with Crippen LogP contribution in [0.25, 0.3) is 6.08 Å². The van der Waals surface area contributed by atoms with Gasteiger partial charge in [0.15, 0.2) is 0 Å². The van der Waals surface area contributed by atoms with Crippen LogP contribution in [0.1, 0.15) is 50.3 Å². The van der Waals surface area contributed by atoms with Gasteiger partial charge in [0, 0.05) is 31.7 Å². The number of amides is 1. The number of hydrogen-bond donors (Lipinski definition) is 0. The van der Waals surface area contributed by atoms with E-state index in [9.17, 15) is 14.9 Å². The predicted molar refractivity (Wildman–Crippen MR) is 122 cm³/mol. The van der Waals surface area contributed by atoms with Gasteiger partial charge in [0.2, 0.25) is 0 Å². The predicted octanol–water partition coefficient (Wildman–Crippen LogP) is 3.51. The molecule has 0 spiro atoms. The molecule has 0 radical (unpaired) electrons. The maximum absolute atomic E-state index is 13.0. The minimum atomic E-state index is -0.265. The Kier molecular flexibility index (Phi) is 6.49. The van der Waals surface area contributed by atoms with Crippen LogP contribution in [0.4, 0.5) is 5.82 Å². The smallest absolute Gasteiger partial charge is 0.270 e. The van der Waals surface area contributed by atoms with Crippen LogP contribution in [-0.2, 0) is 11.3 Å². The molecule has 1 aromatic heterocycles. The maximum Gasteiger partial charge on any atom is 0.270 e. The van der Waals surface area contributed by atoms with E-state index in [1.807, 2.05) is 19.9 Å². The van der Waals surface area contributed by atoms with Crippen molar-refractivity contribution in [3.63, 3.8) is 0 Å². The molecule has 1 amide bonds. The molecule has 0 N–H and O–H groups in total. The molecule has 2 aliphatic rings. The Labute approximate surface area is 181 Å². The second kappa shape index (κ2) is 8.72. The van der Waals surface area contributed by atoms with Gasteiger partial charge in [0.05, 0.1) is 4.91 Å². The highest BCUT2D eigenvalue weighted by atomic mass is 32.2. The summed E-state index contributed by atoms with van der Waals surface area (Å²) in [6, 6.07) is 2.07. The number of carbonyl (C=O) groups excluding carboxylic acids is 1. The van der Waals surface area contributed by atoms with E-state index >= 15 is 0 Å². The first-order valence-electron chi connectivity index (χ1n) is 10.0. The Morgan fingerprint density at radius 3 is 2.59 bits per heavy atom. The third kappa shape index (κ3) is 3.86. The second-order valence-corrected chi connectivity index (χ2v) is 9.19. The minimum absolute atomic E-state index is 0.118. The zero-order chi connectivity index (χ0) is 21.3. The van der Waals surface area contributed by atoms with E-state index in [2.05, 4.69) is 17.9 Å². The molecular weight excluding hydrogens is 404 g/mol. The van der Waals surface area contributed by atoms with Crippen LogP contribution in [0.5, 0.6) is 0 Å². The molecule has 29 heavy (non-hydrogen) atoms. The van der Waals surface area contributed by atoms with Crippen LogP contribution in [0.2, 0.25) is 0 Å². The van der Waals surface area contributed by atoms with Crippen molar-refractivity contribution < 1.29 is 4.79 Å². The van der Waals surface area contributed by atoms with Gasteiger partial charge in [0.25, 0.3) is 11.5 Å². The molecule has 3 rings (SSSR count). The third-order valence-corrected chi connectivity index (χ3v) is 6.96. The van der Waals surface area contributed by atoms with Gasteiger partial charge in [-0.3, -0.25) is 19.1 Å². The van der Waals surface area contributed by atoms with E-state index in [1.165, 1.54) is 11.8 Å². The summed E-state index contributed by atoms with van der Waals surface area (Å²) in [4.78, 5) is 30.1. The number of hydrogen-bond acceptors (Lipinski definition) is 6. The summed E-state index contributed by atoms with van der Waals surface area (Å²) in [5, 5.41) is 9.62. The minimum Gasteiger partial charge on any atom is -0.357 e. The molecule has 6 nitrogen and oxygen atoms in total. The third-order valence-electron chi connectivity index (χ3n) is 5.58. The van der Waals surface area contributed by atoms with Crippen molar-refractivity contribution in [1.29, 1.82) is 5.26 Å². The lowest BCUT2D eigenvalue weighted by Crippen LogP contribution is -2.40. The van der Waals surface area contributed by atoms with Crippen LogP contribution in [0.15, 0.2) is 9.70 Å². The Hall–Kier alpha value is -2.11. The molecule has 3 heterocycles. The summed E-state index contributed by atoms with van der Waals surface area (Å²) in [6.07, 6.45) is 4.04. The Morgan fingerprint density at radius 2 is 2.03 bits per heavy atom. The lowest BCUT2D eigenvalue weighted by atomic mass is 9.98. The number of thioether (sulfide) groups is 1. The fraction of sp³-hybridized carbons (Fsp3) is 0.524. The summed E-state index contributed by atoms with van der Waals surface area (Å²) in [6.45, 7) is 10.5. The van der Waals surface area contributed by atoms with Gasteiger partial charge in [-0.15, -0.1) is 0 Å². The summed E-state index contributed by atoms with van der Waals surface area (Å²) in [5.41, 5.74) is 1.27. The highest BCUT2D eigenvalue weighted by molar-refractivity contribution is 8.26. The van der Waals surface area contributed by atoms with Crippen LogP contribution < -0.4 is 10.5 Å². The summed E-state index contributed by atoms with van der Waals surface area (Å²) in [7, 11) is 0. The lowest BCUT2D eigenvalue weighted by molar-refractivity contribution is -0.121. The van der Waals surface area contributed by atoms with E-state index in [4.69, 9.17) is 12.2 Å². The number of anilines is 1. The average molecular weight is 431 g/mol. The average Bonchev–Trinajstić information content (AvgIpc) is 2.96. The van der Waals surface area contributed by atoms with Crippen LogP contribution in [0.3, 0.4) is 0 Å². The molecule has 0 bridgehead atoms. The van der Waals surface area contributed by atoms with Gasteiger partial charge >= 0.3 is 0 Å². The molecule has 2 fully saturated rings. The fourth-order valence-electron chi connectivity index (χ4n) is 4.06. The van der Waals surface area contributed by atoms with Crippen molar-refractivity contribution in [3.05, 3.63) is 31.9 Å². The monoisotopic (exact) mass is 430 g/mol. The zero-order valence-electron chi connectivity index (χ0n) is 17.3. The molecule has 8 heteroatoms. The Morgan fingerprint density at radius 1 is 1.31 bits per heavy atom. The van der Waals surface area contributed by atoms with Gasteiger partial charge in [-0.05, 0) is 51.2 Å². The van der Waals surface area contributed by atoms with E-state index in [0.29, 0.717) is 33.8 Å². The number of pyridine rings is 1. The summed E-state index contributed by atoms with van der Waals surface area (Å²) in [5.74, 6) is 1.21. The number of nitriles is 1. The number of aromatic nitrogens is 1. The van der Waals surface area contributed by atoms with Crippen molar-refractivity contribution in [2.24, 2.45) is 5.92 Å². The quantitative estimate of drug-likeness (QED) is 0.538. The molecule has 1 aromatic rings. The van der Waals surface area contributed by atoms with Gasteiger partial charge in [-0.2, -0.15) is 5.26 Å². The molecule has 0 aromatic carbocycles. The van der Waals surface area contributed by atoms with E-state index < -0.39 is 0 Å². The first kappa shape index (κ1) is 21.6. The highest BCUT2D eigenvalue weighted by Gasteiger charge is 2.32. The van der Waals surface area contributed by atoms with Gasteiger partial charge < -0.3 is 4.90 Å². The number of likely N-dealkylation sites (N-methyl/N-ethyl adjacent to an activating group) is 1. The second-order valence-electron chi connectivity index (χ2n) is 7.52.